The van der Waals surface area contributed by atoms with Crippen LogP contribution in [-0.4, -0.2) is 25.7 Å². The molecule has 0 aromatic heterocycles. The first-order chi connectivity index (χ1) is 10.9. The van der Waals surface area contributed by atoms with Gasteiger partial charge in [0.05, 0.1) is 7.11 Å². The largest absolute Gasteiger partial charge is 0.496 e. The van der Waals surface area contributed by atoms with E-state index >= 15 is 0 Å². The maximum absolute atomic E-state index is 5.47. The first-order valence-corrected chi connectivity index (χ1v) is 8.97. The standard InChI is InChI=1S/C19H30N2O/c1-22-18-12-6-5-10-16(18)14-21-17-11-7-13-20-19(17)15-8-3-2-4-9-15/h5-6,10,12,15,17,19-21H,2-4,7-9,11,13-14H2,1H3. The van der Waals surface area contributed by atoms with E-state index in [1.807, 2.05) is 6.07 Å². The maximum Gasteiger partial charge on any atom is 0.123 e. The summed E-state index contributed by atoms with van der Waals surface area (Å²) in [5, 5.41) is 7.63. The van der Waals surface area contributed by atoms with Crippen LogP contribution in [0.4, 0.5) is 0 Å². The van der Waals surface area contributed by atoms with Crippen LogP contribution in [0.3, 0.4) is 0 Å². The second-order valence-electron chi connectivity index (χ2n) is 6.82. The molecule has 0 spiro atoms. The lowest BCUT2D eigenvalue weighted by molar-refractivity contribution is 0.189. The summed E-state index contributed by atoms with van der Waals surface area (Å²) in [6, 6.07) is 9.60. The molecule has 0 amide bonds. The Morgan fingerprint density at radius 3 is 2.73 bits per heavy atom. The van der Waals surface area contributed by atoms with Crippen molar-refractivity contribution in [1.82, 2.24) is 10.6 Å². The van der Waals surface area contributed by atoms with E-state index in [4.69, 9.17) is 4.74 Å². The van der Waals surface area contributed by atoms with Crippen molar-refractivity contribution in [2.24, 2.45) is 5.92 Å². The van der Waals surface area contributed by atoms with Gasteiger partial charge in [-0.25, -0.2) is 0 Å². The van der Waals surface area contributed by atoms with Gasteiger partial charge in [0.15, 0.2) is 0 Å². The fraction of sp³-hybridized carbons (Fsp3) is 0.684. The van der Waals surface area contributed by atoms with E-state index in [0.717, 1.165) is 18.2 Å². The van der Waals surface area contributed by atoms with Crippen molar-refractivity contribution < 1.29 is 4.74 Å². The molecule has 3 heteroatoms. The van der Waals surface area contributed by atoms with Crippen LogP contribution in [0.25, 0.3) is 0 Å². The highest BCUT2D eigenvalue weighted by Crippen LogP contribution is 2.30. The number of hydrogen-bond donors (Lipinski definition) is 2. The van der Waals surface area contributed by atoms with Crippen molar-refractivity contribution in [2.45, 2.75) is 63.6 Å². The normalized spacial score (nSPS) is 26.8. The average molecular weight is 302 g/mol. The van der Waals surface area contributed by atoms with Gasteiger partial charge in [-0.15, -0.1) is 0 Å². The van der Waals surface area contributed by atoms with Gasteiger partial charge in [-0.3, -0.25) is 0 Å². The minimum atomic E-state index is 0.599. The van der Waals surface area contributed by atoms with E-state index in [9.17, 15) is 0 Å². The zero-order chi connectivity index (χ0) is 15.2. The number of rotatable bonds is 5. The number of benzene rings is 1. The molecule has 3 nitrogen and oxygen atoms in total. The van der Waals surface area contributed by atoms with Gasteiger partial charge in [0.1, 0.15) is 5.75 Å². The molecule has 0 bridgehead atoms. The van der Waals surface area contributed by atoms with Gasteiger partial charge in [0.25, 0.3) is 0 Å². The molecule has 22 heavy (non-hydrogen) atoms. The third-order valence-corrected chi connectivity index (χ3v) is 5.41. The van der Waals surface area contributed by atoms with Gasteiger partial charge in [-0.05, 0) is 44.2 Å². The summed E-state index contributed by atoms with van der Waals surface area (Å²) in [7, 11) is 1.76. The molecule has 2 N–H and O–H groups in total. The summed E-state index contributed by atoms with van der Waals surface area (Å²) in [6.45, 7) is 2.09. The zero-order valence-corrected chi connectivity index (χ0v) is 13.8. The smallest absolute Gasteiger partial charge is 0.123 e. The minimum Gasteiger partial charge on any atom is -0.496 e. The molecule has 1 aromatic rings. The lowest BCUT2D eigenvalue weighted by Gasteiger charge is -2.40. The molecule has 1 saturated heterocycles. The van der Waals surface area contributed by atoms with Crippen LogP contribution in [-0.2, 0) is 6.54 Å². The fourth-order valence-electron chi connectivity index (χ4n) is 4.22. The monoisotopic (exact) mass is 302 g/mol. The molecular formula is C19H30N2O. The Kier molecular flexibility index (Phi) is 5.74. The molecule has 1 aromatic carbocycles. The Labute approximate surface area is 134 Å². The molecule has 2 atom stereocenters. The highest BCUT2D eigenvalue weighted by molar-refractivity contribution is 5.33. The highest BCUT2D eigenvalue weighted by Gasteiger charge is 2.32. The molecule has 1 saturated carbocycles. The maximum atomic E-state index is 5.47. The Morgan fingerprint density at radius 2 is 1.91 bits per heavy atom. The van der Waals surface area contributed by atoms with E-state index in [-0.39, 0.29) is 0 Å². The number of para-hydroxylation sites is 1. The number of piperidine rings is 1. The lowest BCUT2D eigenvalue weighted by Crippen LogP contribution is -2.55. The van der Waals surface area contributed by atoms with E-state index in [2.05, 4.69) is 28.8 Å². The Morgan fingerprint density at radius 1 is 1.09 bits per heavy atom. The molecule has 1 aliphatic carbocycles. The SMILES string of the molecule is COc1ccccc1CNC1CCCNC1C1CCCCC1. The van der Waals surface area contributed by atoms with Crippen LogP contribution in [0.1, 0.15) is 50.5 Å². The van der Waals surface area contributed by atoms with E-state index in [0.29, 0.717) is 12.1 Å². The fourth-order valence-corrected chi connectivity index (χ4v) is 4.22. The van der Waals surface area contributed by atoms with Crippen molar-refractivity contribution in [2.75, 3.05) is 13.7 Å². The van der Waals surface area contributed by atoms with Crippen molar-refractivity contribution in [1.29, 1.82) is 0 Å². The zero-order valence-electron chi connectivity index (χ0n) is 13.8. The summed E-state index contributed by atoms with van der Waals surface area (Å²) < 4.78 is 5.47. The van der Waals surface area contributed by atoms with Crippen LogP contribution in [0.5, 0.6) is 5.75 Å². The van der Waals surface area contributed by atoms with Gasteiger partial charge in [-0.1, -0.05) is 37.5 Å². The first-order valence-electron chi connectivity index (χ1n) is 8.97. The van der Waals surface area contributed by atoms with Crippen molar-refractivity contribution in [3.05, 3.63) is 29.8 Å². The predicted octanol–water partition coefficient (Wildman–Crippen LogP) is 3.49. The van der Waals surface area contributed by atoms with Gasteiger partial charge in [0, 0.05) is 24.2 Å². The number of nitrogens with one attached hydrogen (secondary N) is 2. The molecule has 3 rings (SSSR count). The van der Waals surface area contributed by atoms with Gasteiger partial charge < -0.3 is 15.4 Å². The van der Waals surface area contributed by atoms with Crippen LogP contribution in [0, 0.1) is 5.92 Å². The first kappa shape index (κ1) is 15.8. The third kappa shape index (κ3) is 3.82. The Balaban J connectivity index is 1.61. The predicted molar refractivity (Wildman–Crippen MR) is 91.2 cm³/mol. The summed E-state index contributed by atoms with van der Waals surface area (Å²) in [4.78, 5) is 0. The second-order valence-corrected chi connectivity index (χ2v) is 6.82. The van der Waals surface area contributed by atoms with Gasteiger partial charge in [-0.2, -0.15) is 0 Å². The molecule has 122 valence electrons. The molecule has 2 aliphatic rings. The van der Waals surface area contributed by atoms with Gasteiger partial charge >= 0.3 is 0 Å². The summed E-state index contributed by atoms with van der Waals surface area (Å²) in [5.74, 6) is 1.86. The highest BCUT2D eigenvalue weighted by atomic mass is 16.5. The van der Waals surface area contributed by atoms with Crippen LogP contribution in [0.2, 0.25) is 0 Å². The molecule has 2 unspecified atom stereocenters. The second kappa shape index (κ2) is 7.98. The van der Waals surface area contributed by atoms with Crippen LogP contribution >= 0.6 is 0 Å². The molecule has 2 fully saturated rings. The van der Waals surface area contributed by atoms with Crippen LogP contribution in [0.15, 0.2) is 24.3 Å². The number of ether oxygens (including phenoxy) is 1. The van der Waals surface area contributed by atoms with Gasteiger partial charge in [0.2, 0.25) is 0 Å². The van der Waals surface area contributed by atoms with Crippen LogP contribution < -0.4 is 15.4 Å². The topological polar surface area (TPSA) is 33.3 Å². The van der Waals surface area contributed by atoms with E-state index < -0.39 is 0 Å². The minimum absolute atomic E-state index is 0.599. The summed E-state index contributed by atoms with van der Waals surface area (Å²) in [6.07, 6.45) is 9.66. The summed E-state index contributed by atoms with van der Waals surface area (Å²) >= 11 is 0. The molecule has 1 aliphatic heterocycles. The molecule has 0 radical (unpaired) electrons. The third-order valence-electron chi connectivity index (χ3n) is 5.41. The number of methoxy groups -OCH3 is 1. The number of hydrogen-bond acceptors (Lipinski definition) is 3. The van der Waals surface area contributed by atoms with Crippen molar-refractivity contribution in [3.8, 4) is 5.75 Å². The van der Waals surface area contributed by atoms with Crippen molar-refractivity contribution >= 4 is 0 Å². The Hall–Kier alpha value is -1.06. The van der Waals surface area contributed by atoms with Crippen molar-refractivity contribution in [3.63, 3.8) is 0 Å². The lowest BCUT2D eigenvalue weighted by atomic mass is 9.78. The molecular weight excluding hydrogens is 272 g/mol. The molecule has 1 heterocycles. The van der Waals surface area contributed by atoms with E-state index in [1.54, 1.807) is 7.11 Å². The Bertz CT molecular complexity index is 457. The average Bonchev–Trinajstić information content (AvgIpc) is 2.61. The van der Waals surface area contributed by atoms with E-state index in [1.165, 1.54) is 57.1 Å². The quantitative estimate of drug-likeness (QED) is 0.873. The summed E-state index contributed by atoms with van der Waals surface area (Å²) in [5.41, 5.74) is 1.26.